The first kappa shape index (κ1) is 16.8. The summed E-state index contributed by atoms with van der Waals surface area (Å²) in [6, 6.07) is 16.1. The van der Waals surface area contributed by atoms with Crippen molar-refractivity contribution in [3.05, 3.63) is 72.6 Å². The predicted molar refractivity (Wildman–Crippen MR) is 101 cm³/mol. The number of aromatic nitrogens is 2. The van der Waals surface area contributed by atoms with Gasteiger partial charge >= 0.3 is 0 Å². The molecule has 1 aliphatic rings. The molecule has 3 aromatic rings. The summed E-state index contributed by atoms with van der Waals surface area (Å²) in [7, 11) is -3.50. The number of rotatable bonds is 5. The number of hydrogen-bond acceptors (Lipinski definition) is 4. The van der Waals surface area contributed by atoms with Crippen LogP contribution in [0.5, 0.6) is 0 Å². The molecule has 2 heterocycles. The molecule has 0 radical (unpaired) electrons. The maximum Gasteiger partial charge on any atom is 0.206 e. The highest BCUT2D eigenvalue weighted by molar-refractivity contribution is 7.91. The number of nitrogens with zero attached hydrogens (tertiary/aromatic N) is 3. The van der Waals surface area contributed by atoms with Crippen LogP contribution in [0.3, 0.4) is 0 Å². The van der Waals surface area contributed by atoms with Crippen LogP contribution in [0, 0.1) is 0 Å². The maximum absolute atomic E-state index is 12.9. The molecular formula is C20H21N3O2S. The van der Waals surface area contributed by atoms with E-state index in [0.29, 0.717) is 16.3 Å². The summed E-state index contributed by atoms with van der Waals surface area (Å²) in [4.78, 5) is 2.94. The summed E-state index contributed by atoms with van der Waals surface area (Å²) >= 11 is 0. The van der Waals surface area contributed by atoms with Gasteiger partial charge in [0.05, 0.1) is 16.3 Å². The van der Waals surface area contributed by atoms with E-state index in [1.54, 1.807) is 35.1 Å². The monoisotopic (exact) mass is 367 g/mol. The molecule has 1 saturated heterocycles. The lowest BCUT2D eigenvalue weighted by Gasteiger charge is -2.17. The third-order valence-corrected chi connectivity index (χ3v) is 6.54. The Balaban J connectivity index is 1.53. The van der Waals surface area contributed by atoms with Gasteiger partial charge < -0.3 is 4.90 Å². The van der Waals surface area contributed by atoms with E-state index in [9.17, 15) is 8.42 Å². The average molecular weight is 367 g/mol. The minimum absolute atomic E-state index is 0.315. The Labute approximate surface area is 153 Å². The van der Waals surface area contributed by atoms with Gasteiger partial charge in [-0.3, -0.25) is 4.68 Å². The Morgan fingerprint density at radius 2 is 1.50 bits per heavy atom. The van der Waals surface area contributed by atoms with Crippen molar-refractivity contribution in [3.8, 4) is 0 Å². The number of sulfone groups is 1. The summed E-state index contributed by atoms with van der Waals surface area (Å²) in [5.74, 6) is 0. The largest absolute Gasteiger partial charge is 0.372 e. The van der Waals surface area contributed by atoms with E-state index in [0.717, 1.165) is 24.3 Å². The minimum atomic E-state index is -3.50. The fourth-order valence-electron chi connectivity index (χ4n) is 3.30. The van der Waals surface area contributed by atoms with Crippen LogP contribution < -0.4 is 4.90 Å². The maximum atomic E-state index is 12.9. The normalized spacial score (nSPS) is 14.7. The van der Waals surface area contributed by atoms with Crippen LogP contribution in [0.4, 0.5) is 5.69 Å². The molecule has 0 atom stereocenters. The Morgan fingerprint density at radius 3 is 2.08 bits per heavy atom. The van der Waals surface area contributed by atoms with E-state index in [4.69, 9.17) is 0 Å². The lowest BCUT2D eigenvalue weighted by molar-refractivity contribution is 0.596. The van der Waals surface area contributed by atoms with Gasteiger partial charge in [0.15, 0.2) is 0 Å². The zero-order chi connectivity index (χ0) is 18.0. The first-order chi connectivity index (χ1) is 12.6. The van der Waals surface area contributed by atoms with Gasteiger partial charge in [0.2, 0.25) is 9.84 Å². The van der Waals surface area contributed by atoms with Gasteiger partial charge in [0, 0.05) is 31.2 Å². The topological polar surface area (TPSA) is 55.2 Å². The van der Waals surface area contributed by atoms with E-state index < -0.39 is 9.84 Å². The van der Waals surface area contributed by atoms with Crippen LogP contribution in [-0.2, 0) is 16.4 Å². The summed E-state index contributed by atoms with van der Waals surface area (Å²) < 4.78 is 27.5. The highest BCUT2D eigenvalue weighted by Gasteiger charge is 2.19. The van der Waals surface area contributed by atoms with Gasteiger partial charge in [-0.05, 0) is 60.9 Å². The van der Waals surface area contributed by atoms with Crippen LogP contribution in [0.2, 0.25) is 0 Å². The van der Waals surface area contributed by atoms with Gasteiger partial charge in [-0.1, -0.05) is 12.1 Å². The molecule has 134 valence electrons. The molecule has 1 aromatic heterocycles. The van der Waals surface area contributed by atoms with Crippen molar-refractivity contribution in [1.82, 2.24) is 9.78 Å². The summed E-state index contributed by atoms with van der Waals surface area (Å²) in [5, 5.41) is 4.17. The van der Waals surface area contributed by atoms with Crippen LogP contribution in [0.15, 0.2) is 76.8 Å². The van der Waals surface area contributed by atoms with E-state index in [1.807, 2.05) is 36.5 Å². The molecule has 1 aliphatic heterocycles. The van der Waals surface area contributed by atoms with Crippen molar-refractivity contribution in [2.75, 3.05) is 18.0 Å². The second kappa shape index (κ2) is 6.96. The molecule has 0 N–H and O–H groups in total. The van der Waals surface area contributed by atoms with E-state index >= 15 is 0 Å². The number of hydrogen-bond donors (Lipinski definition) is 0. The van der Waals surface area contributed by atoms with Crippen LogP contribution in [0.25, 0.3) is 0 Å². The number of benzene rings is 2. The van der Waals surface area contributed by atoms with E-state index in [1.165, 1.54) is 12.8 Å². The first-order valence-electron chi connectivity index (χ1n) is 8.79. The second-order valence-corrected chi connectivity index (χ2v) is 8.49. The van der Waals surface area contributed by atoms with Gasteiger partial charge in [0.25, 0.3) is 0 Å². The molecule has 0 aliphatic carbocycles. The van der Waals surface area contributed by atoms with Crippen LogP contribution in [0.1, 0.15) is 18.4 Å². The van der Waals surface area contributed by atoms with Crippen molar-refractivity contribution in [3.63, 3.8) is 0 Å². The summed E-state index contributed by atoms with van der Waals surface area (Å²) in [6.45, 7) is 2.71. The molecular weight excluding hydrogens is 346 g/mol. The number of anilines is 1. The predicted octanol–water partition coefficient (Wildman–Crippen LogP) is 3.36. The summed E-state index contributed by atoms with van der Waals surface area (Å²) in [6.07, 6.45) is 6.01. The zero-order valence-electron chi connectivity index (χ0n) is 14.5. The zero-order valence-corrected chi connectivity index (χ0v) is 15.3. The van der Waals surface area contributed by atoms with Gasteiger partial charge in [-0.2, -0.15) is 5.10 Å². The van der Waals surface area contributed by atoms with Gasteiger partial charge in [-0.15, -0.1) is 0 Å². The highest BCUT2D eigenvalue weighted by atomic mass is 32.2. The summed E-state index contributed by atoms with van der Waals surface area (Å²) in [5.41, 5.74) is 2.10. The SMILES string of the molecule is O=S(=O)(c1ccc(Cn2cccn2)cc1)c1ccc(N2CCCC2)cc1. The smallest absolute Gasteiger partial charge is 0.206 e. The fraction of sp³-hybridized carbons (Fsp3) is 0.250. The average Bonchev–Trinajstić information content (AvgIpc) is 3.36. The molecule has 5 nitrogen and oxygen atoms in total. The molecule has 0 amide bonds. The molecule has 0 spiro atoms. The lowest BCUT2D eigenvalue weighted by atomic mass is 10.2. The second-order valence-electron chi connectivity index (χ2n) is 6.54. The Hall–Kier alpha value is -2.60. The Morgan fingerprint density at radius 1 is 0.885 bits per heavy atom. The first-order valence-corrected chi connectivity index (χ1v) is 10.3. The highest BCUT2D eigenvalue weighted by Crippen LogP contribution is 2.25. The minimum Gasteiger partial charge on any atom is -0.372 e. The molecule has 0 unspecified atom stereocenters. The van der Waals surface area contributed by atoms with Crippen molar-refractivity contribution < 1.29 is 8.42 Å². The lowest BCUT2D eigenvalue weighted by Crippen LogP contribution is -2.17. The van der Waals surface area contributed by atoms with Crippen molar-refractivity contribution in [1.29, 1.82) is 0 Å². The van der Waals surface area contributed by atoms with Crippen LogP contribution in [-0.4, -0.2) is 31.3 Å². The Kier molecular flexibility index (Phi) is 4.51. The third kappa shape index (κ3) is 3.37. The fourth-order valence-corrected chi connectivity index (χ4v) is 4.56. The van der Waals surface area contributed by atoms with E-state index in [-0.39, 0.29) is 0 Å². The molecule has 0 saturated carbocycles. The molecule has 6 heteroatoms. The molecule has 26 heavy (non-hydrogen) atoms. The van der Waals surface area contributed by atoms with Crippen LogP contribution >= 0.6 is 0 Å². The van der Waals surface area contributed by atoms with Crippen molar-refractivity contribution in [2.24, 2.45) is 0 Å². The third-order valence-electron chi connectivity index (χ3n) is 4.76. The molecule has 4 rings (SSSR count). The van der Waals surface area contributed by atoms with E-state index in [2.05, 4.69) is 10.00 Å². The van der Waals surface area contributed by atoms with Gasteiger partial charge in [0.1, 0.15) is 0 Å². The standard InChI is InChI=1S/C20H21N3O2S/c24-26(25,20-10-6-18(7-11-20)22-13-1-2-14-22)19-8-4-17(5-9-19)16-23-15-3-12-21-23/h3-12,15H,1-2,13-14,16H2. The Bertz CT molecular complexity index is 957. The van der Waals surface area contributed by atoms with Crippen molar-refractivity contribution in [2.45, 2.75) is 29.2 Å². The quantitative estimate of drug-likeness (QED) is 0.694. The van der Waals surface area contributed by atoms with Gasteiger partial charge in [-0.25, -0.2) is 8.42 Å². The molecule has 1 fully saturated rings. The van der Waals surface area contributed by atoms with Crippen molar-refractivity contribution >= 4 is 15.5 Å². The molecule has 0 bridgehead atoms. The molecule has 2 aromatic carbocycles.